The molecule has 124 valence electrons. The summed E-state index contributed by atoms with van der Waals surface area (Å²) in [5.74, 6) is -0.545. The van der Waals surface area contributed by atoms with Crippen molar-refractivity contribution in [1.82, 2.24) is 10.3 Å². The van der Waals surface area contributed by atoms with Gasteiger partial charge in [-0.2, -0.15) is 0 Å². The average molecular weight is 344 g/mol. The van der Waals surface area contributed by atoms with Gasteiger partial charge in [-0.15, -0.1) is 0 Å². The van der Waals surface area contributed by atoms with Gasteiger partial charge in [-0.25, -0.2) is 0 Å². The molecule has 1 aliphatic carbocycles. The number of hydrogen-bond donors (Lipinski definition) is 2. The first-order valence-corrected chi connectivity index (χ1v) is 8.15. The minimum absolute atomic E-state index is 0.259. The standard InChI is InChI=1S/C18H18ClN3O2/c1-12-14(19)6-4-7-15(12)22-17(24)18(8-9-18)16(23)21-11-13-5-2-3-10-20-13/h2-7,10H,8-9,11H2,1H3,(H,21,23)(H,22,24). The van der Waals surface area contributed by atoms with Crippen molar-refractivity contribution in [3.63, 3.8) is 0 Å². The molecule has 0 bridgehead atoms. The second kappa shape index (κ2) is 6.61. The van der Waals surface area contributed by atoms with Gasteiger partial charge in [-0.1, -0.05) is 23.7 Å². The van der Waals surface area contributed by atoms with E-state index in [0.717, 1.165) is 11.3 Å². The largest absolute Gasteiger partial charge is 0.350 e. The molecule has 0 spiro atoms. The maximum absolute atomic E-state index is 12.6. The van der Waals surface area contributed by atoms with E-state index in [1.165, 1.54) is 0 Å². The minimum atomic E-state index is -0.983. The zero-order valence-electron chi connectivity index (χ0n) is 13.3. The highest BCUT2D eigenvalue weighted by atomic mass is 35.5. The molecule has 1 heterocycles. The zero-order valence-corrected chi connectivity index (χ0v) is 14.1. The van der Waals surface area contributed by atoms with E-state index in [2.05, 4.69) is 15.6 Å². The first-order valence-electron chi connectivity index (χ1n) is 7.78. The van der Waals surface area contributed by atoms with Crippen LogP contribution in [0, 0.1) is 12.3 Å². The van der Waals surface area contributed by atoms with Gasteiger partial charge in [-0.05, 0) is 49.6 Å². The fourth-order valence-electron chi connectivity index (χ4n) is 2.51. The monoisotopic (exact) mass is 343 g/mol. The van der Waals surface area contributed by atoms with Crippen molar-refractivity contribution in [1.29, 1.82) is 0 Å². The number of pyridine rings is 1. The number of carbonyl (C=O) groups excluding carboxylic acids is 2. The van der Waals surface area contributed by atoms with Crippen molar-refractivity contribution in [3.8, 4) is 0 Å². The first-order chi connectivity index (χ1) is 11.5. The molecule has 0 aliphatic heterocycles. The van der Waals surface area contributed by atoms with E-state index in [-0.39, 0.29) is 11.8 Å². The highest BCUT2D eigenvalue weighted by Crippen LogP contribution is 2.47. The van der Waals surface area contributed by atoms with Crippen LogP contribution in [0.1, 0.15) is 24.1 Å². The number of rotatable bonds is 5. The summed E-state index contributed by atoms with van der Waals surface area (Å²) >= 11 is 6.07. The van der Waals surface area contributed by atoms with Crippen molar-refractivity contribution in [2.75, 3.05) is 5.32 Å². The predicted molar refractivity (Wildman–Crippen MR) is 92.6 cm³/mol. The Labute approximate surface area is 145 Å². The van der Waals surface area contributed by atoms with Crippen LogP contribution in [0.5, 0.6) is 0 Å². The summed E-state index contributed by atoms with van der Waals surface area (Å²) in [6, 6.07) is 10.8. The van der Waals surface area contributed by atoms with Crippen molar-refractivity contribution >= 4 is 29.1 Å². The lowest BCUT2D eigenvalue weighted by atomic mass is 10.0. The van der Waals surface area contributed by atoms with Crippen LogP contribution in [-0.4, -0.2) is 16.8 Å². The molecule has 0 atom stereocenters. The lowest BCUT2D eigenvalue weighted by Crippen LogP contribution is -2.39. The van der Waals surface area contributed by atoms with Crippen molar-refractivity contribution in [2.45, 2.75) is 26.3 Å². The van der Waals surface area contributed by atoms with Gasteiger partial charge in [0.2, 0.25) is 11.8 Å². The van der Waals surface area contributed by atoms with E-state index in [4.69, 9.17) is 11.6 Å². The zero-order chi connectivity index (χ0) is 17.2. The van der Waals surface area contributed by atoms with Gasteiger partial charge in [0.15, 0.2) is 0 Å². The number of hydrogen-bond acceptors (Lipinski definition) is 3. The summed E-state index contributed by atoms with van der Waals surface area (Å²) in [5.41, 5.74) is 1.20. The van der Waals surface area contributed by atoms with Crippen LogP contribution in [0.3, 0.4) is 0 Å². The molecule has 5 nitrogen and oxygen atoms in total. The van der Waals surface area contributed by atoms with Gasteiger partial charge in [-0.3, -0.25) is 14.6 Å². The maximum atomic E-state index is 12.6. The number of amides is 2. The van der Waals surface area contributed by atoms with E-state index >= 15 is 0 Å². The normalized spacial score (nSPS) is 14.8. The molecule has 2 N–H and O–H groups in total. The van der Waals surface area contributed by atoms with Crippen molar-refractivity contribution < 1.29 is 9.59 Å². The van der Waals surface area contributed by atoms with Gasteiger partial charge < -0.3 is 10.6 Å². The van der Waals surface area contributed by atoms with Crippen LogP contribution >= 0.6 is 11.6 Å². The Kier molecular flexibility index (Phi) is 4.53. The molecular formula is C18H18ClN3O2. The number of benzene rings is 1. The Balaban J connectivity index is 1.65. The Morgan fingerprint density at radius 2 is 1.96 bits per heavy atom. The second-order valence-corrected chi connectivity index (χ2v) is 6.36. The summed E-state index contributed by atoms with van der Waals surface area (Å²) in [6.07, 6.45) is 2.77. The molecule has 24 heavy (non-hydrogen) atoms. The van der Waals surface area contributed by atoms with E-state index < -0.39 is 5.41 Å². The SMILES string of the molecule is Cc1c(Cl)cccc1NC(=O)C1(C(=O)NCc2ccccn2)CC1. The molecule has 3 rings (SSSR count). The van der Waals surface area contributed by atoms with Crippen LogP contribution < -0.4 is 10.6 Å². The van der Waals surface area contributed by atoms with Crippen LogP contribution in [0.15, 0.2) is 42.6 Å². The summed E-state index contributed by atoms with van der Waals surface area (Å²) in [5, 5.41) is 6.22. The minimum Gasteiger partial charge on any atom is -0.350 e. The topological polar surface area (TPSA) is 71.1 Å². The molecule has 0 saturated heterocycles. The Morgan fingerprint density at radius 1 is 1.17 bits per heavy atom. The molecule has 1 saturated carbocycles. The predicted octanol–water partition coefficient (Wildman–Crippen LogP) is 3.08. The average Bonchev–Trinajstić information content (AvgIpc) is 3.40. The van der Waals surface area contributed by atoms with Gasteiger partial charge >= 0.3 is 0 Å². The molecule has 1 aliphatic rings. The number of nitrogens with one attached hydrogen (secondary N) is 2. The first kappa shape index (κ1) is 16.5. The fraction of sp³-hybridized carbons (Fsp3) is 0.278. The molecule has 6 heteroatoms. The molecule has 1 aromatic heterocycles. The van der Waals surface area contributed by atoms with Crippen molar-refractivity contribution in [2.24, 2.45) is 5.41 Å². The van der Waals surface area contributed by atoms with Gasteiger partial charge in [0.25, 0.3) is 0 Å². The summed E-state index contributed by atoms with van der Waals surface area (Å²) in [6.45, 7) is 2.14. The number of carbonyl (C=O) groups is 2. The summed E-state index contributed by atoms with van der Waals surface area (Å²) in [4.78, 5) is 29.2. The molecule has 0 unspecified atom stereocenters. The lowest BCUT2D eigenvalue weighted by molar-refractivity contribution is -0.134. The highest BCUT2D eigenvalue weighted by Gasteiger charge is 2.56. The number of aromatic nitrogens is 1. The van der Waals surface area contributed by atoms with Gasteiger partial charge in [0.1, 0.15) is 5.41 Å². The maximum Gasteiger partial charge on any atom is 0.240 e. The quantitative estimate of drug-likeness (QED) is 0.819. The smallest absolute Gasteiger partial charge is 0.240 e. The van der Waals surface area contributed by atoms with E-state index in [1.807, 2.05) is 25.1 Å². The van der Waals surface area contributed by atoms with E-state index in [0.29, 0.717) is 30.1 Å². The van der Waals surface area contributed by atoms with Crippen LogP contribution in [0.25, 0.3) is 0 Å². The molecule has 0 radical (unpaired) electrons. The van der Waals surface area contributed by atoms with Crippen LogP contribution in [-0.2, 0) is 16.1 Å². The van der Waals surface area contributed by atoms with E-state index in [9.17, 15) is 9.59 Å². The van der Waals surface area contributed by atoms with Crippen LogP contribution in [0.4, 0.5) is 5.69 Å². The molecule has 2 amide bonds. The molecular weight excluding hydrogens is 326 g/mol. The Hall–Kier alpha value is -2.40. The Morgan fingerprint density at radius 3 is 2.62 bits per heavy atom. The summed E-state index contributed by atoms with van der Waals surface area (Å²) < 4.78 is 0. The third kappa shape index (κ3) is 3.26. The van der Waals surface area contributed by atoms with Gasteiger partial charge in [0, 0.05) is 16.9 Å². The fourth-order valence-corrected chi connectivity index (χ4v) is 2.68. The van der Waals surface area contributed by atoms with Crippen LogP contribution in [0.2, 0.25) is 5.02 Å². The lowest BCUT2D eigenvalue weighted by Gasteiger charge is -2.16. The molecule has 1 aromatic carbocycles. The Bertz CT molecular complexity index is 773. The number of nitrogens with zero attached hydrogens (tertiary/aromatic N) is 1. The van der Waals surface area contributed by atoms with Crippen molar-refractivity contribution in [3.05, 3.63) is 58.9 Å². The van der Waals surface area contributed by atoms with E-state index in [1.54, 1.807) is 24.4 Å². The molecule has 2 aromatic rings. The second-order valence-electron chi connectivity index (χ2n) is 5.95. The summed E-state index contributed by atoms with van der Waals surface area (Å²) in [7, 11) is 0. The number of anilines is 1. The molecule has 1 fully saturated rings. The third-order valence-corrected chi connectivity index (χ3v) is 4.70. The highest BCUT2D eigenvalue weighted by molar-refractivity contribution is 6.31. The third-order valence-electron chi connectivity index (χ3n) is 4.29. The van der Waals surface area contributed by atoms with Gasteiger partial charge in [0.05, 0.1) is 12.2 Å². The number of halogens is 1.